The summed E-state index contributed by atoms with van der Waals surface area (Å²) in [5, 5.41) is 23.7. The highest BCUT2D eigenvalue weighted by Gasteiger charge is 2.23. The minimum Gasteiger partial charge on any atom is -0.378 e. The Labute approximate surface area is 226 Å². The van der Waals surface area contributed by atoms with Gasteiger partial charge in [-0.25, -0.2) is 0 Å². The zero-order valence-electron chi connectivity index (χ0n) is 22.3. The van der Waals surface area contributed by atoms with Gasteiger partial charge in [-0.15, -0.1) is 10.2 Å². The number of non-ortho nitro benzene ring substituents is 1. The van der Waals surface area contributed by atoms with Gasteiger partial charge in [0, 0.05) is 49.7 Å². The van der Waals surface area contributed by atoms with Crippen LogP contribution in [0.5, 0.6) is 0 Å². The van der Waals surface area contributed by atoms with Crippen LogP contribution >= 0.6 is 0 Å². The minimum absolute atomic E-state index is 0.140. The fourth-order valence-electron chi connectivity index (χ4n) is 4.79. The fraction of sp³-hybridized carbons (Fsp3) is 0.321. The van der Waals surface area contributed by atoms with E-state index in [1.807, 2.05) is 30.0 Å². The van der Waals surface area contributed by atoms with Crippen molar-refractivity contribution in [3.05, 3.63) is 75.8 Å². The number of aryl methyl sites for hydroxylation is 1. The number of morpholine rings is 1. The van der Waals surface area contributed by atoms with Crippen LogP contribution in [0.2, 0.25) is 0 Å². The van der Waals surface area contributed by atoms with Crippen LogP contribution in [-0.4, -0.2) is 65.2 Å². The molecule has 1 aromatic heterocycles. The topological polar surface area (TPSA) is 119 Å². The molecule has 3 aromatic carbocycles. The molecule has 1 aliphatic heterocycles. The van der Waals surface area contributed by atoms with Crippen molar-refractivity contribution in [2.24, 2.45) is 0 Å². The zero-order valence-corrected chi connectivity index (χ0v) is 22.3. The Morgan fingerprint density at radius 2 is 1.69 bits per heavy atom. The van der Waals surface area contributed by atoms with Crippen LogP contribution in [0.25, 0.3) is 16.7 Å². The number of fused-ring (bicyclic) bond motifs is 1. The maximum atomic E-state index is 13.5. The highest BCUT2D eigenvalue weighted by atomic mass is 16.6. The Balaban J connectivity index is 1.43. The summed E-state index contributed by atoms with van der Waals surface area (Å²) in [6.45, 7) is 10.2. The van der Waals surface area contributed by atoms with Gasteiger partial charge in [0.25, 0.3) is 11.6 Å². The first kappa shape index (κ1) is 26.1. The van der Waals surface area contributed by atoms with Crippen molar-refractivity contribution in [2.75, 3.05) is 54.5 Å². The average molecular weight is 530 g/mol. The van der Waals surface area contributed by atoms with Crippen LogP contribution in [0, 0.1) is 17.0 Å². The lowest BCUT2D eigenvalue weighted by Crippen LogP contribution is -2.37. The molecule has 5 rings (SSSR count). The van der Waals surface area contributed by atoms with E-state index in [1.54, 1.807) is 16.9 Å². The number of hydrogen-bond donors (Lipinski definition) is 1. The van der Waals surface area contributed by atoms with E-state index in [-0.39, 0.29) is 11.3 Å². The lowest BCUT2D eigenvalue weighted by Gasteiger charge is -2.30. The van der Waals surface area contributed by atoms with Crippen molar-refractivity contribution in [3.8, 4) is 5.69 Å². The lowest BCUT2D eigenvalue weighted by atomic mass is 10.1. The largest absolute Gasteiger partial charge is 0.378 e. The third-order valence-corrected chi connectivity index (χ3v) is 6.97. The molecule has 1 saturated heterocycles. The second-order valence-corrected chi connectivity index (χ2v) is 9.35. The maximum absolute atomic E-state index is 13.5. The van der Waals surface area contributed by atoms with Crippen molar-refractivity contribution in [1.29, 1.82) is 0 Å². The molecule has 0 spiro atoms. The van der Waals surface area contributed by atoms with Gasteiger partial charge in [-0.3, -0.25) is 14.9 Å². The van der Waals surface area contributed by atoms with Gasteiger partial charge in [-0.1, -0.05) is 0 Å². The maximum Gasteiger partial charge on any atom is 0.270 e. The third kappa shape index (κ3) is 5.39. The first-order chi connectivity index (χ1) is 18.9. The van der Waals surface area contributed by atoms with Crippen molar-refractivity contribution in [1.82, 2.24) is 15.0 Å². The first-order valence-corrected chi connectivity index (χ1v) is 13.0. The number of benzene rings is 3. The number of amides is 1. The number of hydrogen-bond acceptors (Lipinski definition) is 8. The molecule has 4 aromatic rings. The molecule has 1 fully saturated rings. The van der Waals surface area contributed by atoms with Crippen molar-refractivity contribution in [3.63, 3.8) is 0 Å². The summed E-state index contributed by atoms with van der Waals surface area (Å²) in [7, 11) is 0. The van der Waals surface area contributed by atoms with E-state index in [9.17, 15) is 14.9 Å². The van der Waals surface area contributed by atoms with Crippen LogP contribution in [-0.2, 0) is 4.74 Å². The predicted octanol–water partition coefficient (Wildman–Crippen LogP) is 4.57. The van der Waals surface area contributed by atoms with Crippen LogP contribution in [0.1, 0.15) is 29.8 Å². The van der Waals surface area contributed by atoms with Gasteiger partial charge in [0.15, 0.2) is 0 Å². The van der Waals surface area contributed by atoms with Crippen molar-refractivity contribution in [2.45, 2.75) is 20.8 Å². The van der Waals surface area contributed by atoms with Gasteiger partial charge in [0.05, 0.1) is 35.1 Å². The Morgan fingerprint density at radius 1 is 1.03 bits per heavy atom. The van der Waals surface area contributed by atoms with E-state index in [0.29, 0.717) is 48.7 Å². The molecule has 0 aliphatic carbocycles. The molecule has 202 valence electrons. The number of nitro benzene ring substituents is 1. The second-order valence-electron chi connectivity index (χ2n) is 9.35. The molecule has 39 heavy (non-hydrogen) atoms. The van der Waals surface area contributed by atoms with Gasteiger partial charge in [-0.2, -0.15) is 4.80 Å². The smallest absolute Gasteiger partial charge is 0.270 e. The normalized spacial score (nSPS) is 13.5. The number of nitro groups is 1. The highest BCUT2D eigenvalue weighted by Crippen LogP contribution is 2.29. The molecule has 0 unspecified atom stereocenters. The molecule has 0 atom stereocenters. The number of carbonyl (C=O) groups excluding carboxylic acids is 1. The number of nitrogens with zero attached hydrogens (tertiary/aromatic N) is 6. The van der Waals surface area contributed by atoms with E-state index < -0.39 is 10.8 Å². The molecular formula is C28H31N7O4. The summed E-state index contributed by atoms with van der Waals surface area (Å²) in [6, 6.07) is 16.1. The molecule has 1 aliphatic rings. The van der Waals surface area contributed by atoms with E-state index in [4.69, 9.17) is 4.74 Å². The fourth-order valence-corrected chi connectivity index (χ4v) is 4.79. The highest BCUT2D eigenvalue weighted by molar-refractivity contribution is 6.09. The summed E-state index contributed by atoms with van der Waals surface area (Å²) in [5.41, 5.74) is 5.39. The quantitative estimate of drug-likeness (QED) is 0.260. The summed E-state index contributed by atoms with van der Waals surface area (Å²) < 4.78 is 5.43. The molecule has 0 saturated carbocycles. The van der Waals surface area contributed by atoms with Crippen molar-refractivity contribution >= 4 is 39.7 Å². The van der Waals surface area contributed by atoms with E-state index >= 15 is 0 Å². The number of anilines is 3. The predicted molar refractivity (Wildman–Crippen MR) is 151 cm³/mol. The minimum atomic E-state index is -0.496. The first-order valence-electron chi connectivity index (χ1n) is 13.0. The van der Waals surface area contributed by atoms with E-state index in [2.05, 4.69) is 46.4 Å². The molecular weight excluding hydrogens is 498 g/mol. The van der Waals surface area contributed by atoms with Gasteiger partial charge in [-0.05, 0) is 68.8 Å². The molecule has 1 amide bonds. The number of aromatic nitrogens is 3. The third-order valence-electron chi connectivity index (χ3n) is 6.97. The van der Waals surface area contributed by atoms with Crippen LogP contribution in [0.3, 0.4) is 0 Å². The molecule has 0 radical (unpaired) electrons. The van der Waals surface area contributed by atoms with Crippen molar-refractivity contribution < 1.29 is 14.5 Å². The van der Waals surface area contributed by atoms with Crippen LogP contribution in [0.15, 0.2) is 54.6 Å². The Bertz CT molecular complexity index is 1510. The lowest BCUT2D eigenvalue weighted by molar-refractivity contribution is -0.384. The SMILES string of the molecule is CCN(CC)c1ccc(-n2nc3cc(C)c(NC(=O)c4cc([N+](=O)[O-])ccc4N4CCOCC4)cc3n2)cc1. The number of nitrogens with one attached hydrogen (secondary N) is 1. The number of ether oxygens (including phenoxy) is 1. The molecule has 0 bridgehead atoms. The Morgan fingerprint density at radius 3 is 2.33 bits per heavy atom. The number of rotatable bonds is 8. The summed E-state index contributed by atoms with van der Waals surface area (Å²) >= 11 is 0. The Kier molecular flexibility index (Phi) is 7.42. The van der Waals surface area contributed by atoms with Gasteiger partial charge in [0.1, 0.15) is 11.0 Å². The summed E-state index contributed by atoms with van der Waals surface area (Å²) in [6.07, 6.45) is 0. The summed E-state index contributed by atoms with van der Waals surface area (Å²) in [5.74, 6) is -0.429. The molecule has 2 heterocycles. The van der Waals surface area contributed by atoms with Gasteiger partial charge < -0.3 is 19.9 Å². The second kappa shape index (κ2) is 11.1. The zero-order chi connectivity index (χ0) is 27.5. The summed E-state index contributed by atoms with van der Waals surface area (Å²) in [4.78, 5) is 30.3. The van der Waals surface area contributed by atoms with Crippen LogP contribution < -0.4 is 15.1 Å². The van der Waals surface area contributed by atoms with E-state index in [0.717, 1.165) is 30.0 Å². The molecule has 11 nitrogen and oxygen atoms in total. The van der Waals surface area contributed by atoms with E-state index in [1.165, 1.54) is 12.1 Å². The Hall–Kier alpha value is -4.51. The molecule has 1 N–H and O–H groups in total. The van der Waals surface area contributed by atoms with Gasteiger partial charge >= 0.3 is 0 Å². The monoisotopic (exact) mass is 529 g/mol. The standard InChI is InChI=1S/C28H31N7O4/c1-4-32(5-2)20-6-8-21(9-7-20)34-30-25-16-19(3)24(18-26(25)31-34)29-28(36)23-17-22(35(37)38)10-11-27(23)33-12-14-39-15-13-33/h6-11,16-18H,4-5,12-15H2,1-3H3,(H,29,36). The molecule has 11 heteroatoms. The van der Waals surface area contributed by atoms with Crippen LogP contribution in [0.4, 0.5) is 22.7 Å². The van der Waals surface area contributed by atoms with Gasteiger partial charge in [0.2, 0.25) is 0 Å². The number of carbonyl (C=O) groups is 1. The average Bonchev–Trinajstić information content (AvgIpc) is 3.37.